The molecule has 1 unspecified atom stereocenters. The number of aliphatic hydroxyl groups is 1. The van der Waals surface area contributed by atoms with Crippen LogP contribution in [0.1, 0.15) is 46.3 Å². The van der Waals surface area contributed by atoms with E-state index in [4.69, 9.17) is 15.0 Å². The van der Waals surface area contributed by atoms with Gasteiger partial charge in [-0.05, 0) is 34.6 Å². The first-order valence-electron chi connectivity index (χ1n) is 6.42. The van der Waals surface area contributed by atoms with E-state index in [0.717, 1.165) is 0 Å². The number of aromatic nitrogens is 1. The molecule has 1 aliphatic heterocycles. The smallest absolute Gasteiger partial charge is 0.399 e. The topological polar surface area (TPSA) is 77.6 Å². The number of pyridine rings is 1. The van der Waals surface area contributed by atoms with Crippen molar-refractivity contribution in [1.82, 2.24) is 4.98 Å². The van der Waals surface area contributed by atoms with Crippen molar-refractivity contribution < 1.29 is 14.4 Å². The molecule has 0 amide bonds. The van der Waals surface area contributed by atoms with Gasteiger partial charge in [-0.15, -0.1) is 0 Å². The van der Waals surface area contributed by atoms with Gasteiger partial charge in [0.15, 0.2) is 0 Å². The predicted molar refractivity (Wildman–Crippen MR) is 75.0 cm³/mol. The van der Waals surface area contributed by atoms with Crippen LogP contribution >= 0.6 is 0 Å². The molecule has 1 aromatic rings. The zero-order valence-corrected chi connectivity index (χ0v) is 12.1. The van der Waals surface area contributed by atoms with Gasteiger partial charge in [-0.25, -0.2) is 0 Å². The number of hydrogen-bond donors (Lipinski definition) is 2. The van der Waals surface area contributed by atoms with Gasteiger partial charge in [0.05, 0.1) is 17.3 Å². The Labute approximate surface area is 114 Å². The Balaban J connectivity index is 2.38. The first kappa shape index (κ1) is 14.3. The van der Waals surface area contributed by atoms with Crippen LogP contribution in [0.25, 0.3) is 0 Å². The average Bonchev–Trinajstić information content (AvgIpc) is 2.47. The molecule has 1 aliphatic rings. The number of nitrogens with two attached hydrogens (primary N) is 1. The minimum absolute atomic E-state index is 0.426. The maximum Gasteiger partial charge on any atom is 0.498 e. The molecule has 2 heterocycles. The highest BCUT2D eigenvalue weighted by atomic mass is 16.7. The average molecular weight is 264 g/mol. The zero-order valence-electron chi connectivity index (χ0n) is 12.1. The zero-order chi connectivity index (χ0) is 14.4. The van der Waals surface area contributed by atoms with Gasteiger partial charge >= 0.3 is 7.12 Å². The molecule has 0 radical (unpaired) electrons. The molecule has 0 aliphatic carbocycles. The van der Waals surface area contributed by atoms with E-state index in [0.29, 0.717) is 16.7 Å². The van der Waals surface area contributed by atoms with Crippen LogP contribution in [0.3, 0.4) is 0 Å². The van der Waals surface area contributed by atoms with Crippen LogP contribution in [-0.4, -0.2) is 28.4 Å². The molecule has 5 nitrogen and oxygen atoms in total. The summed E-state index contributed by atoms with van der Waals surface area (Å²) >= 11 is 0. The molecule has 2 rings (SSSR count). The van der Waals surface area contributed by atoms with Crippen LogP contribution in [0, 0.1) is 0 Å². The van der Waals surface area contributed by atoms with Crippen LogP contribution in [0.5, 0.6) is 0 Å². The van der Waals surface area contributed by atoms with Crippen molar-refractivity contribution in [2.45, 2.75) is 51.9 Å². The first-order valence-corrected chi connectivity index (χ1v) is 6.42. The molecule has 1 saturated heterocycles. The molecule has 19 heavy (non-hydrogen) atoms. The Kier molecular flexibility index (Phi) is 3.37. The van der Waals surface area contributed by atoms with E-state index in [1.54, 1.807) is 19.3 Å². The SMILES string of the molecule is CC(O)c1cncc(B2OC(C)(C)C(C)(C)O2)c1N. The summed E-state index contributed by atoms with van der Waals surface area (Å²) in [7, 11) is -0.559. The molecule has 0 bridgehead atoms. The summed E-state index contributed by atoms with van der Waals surface area (Å²) in [6, 6.07) is 0. The Morgan fingerprint density at radius 3 is 2.21 bits per heavy atom. The minimum Gasteiger partial charge on any atom is -0.399 e. The molecule has 0 spiro atoms. The Hall–Kier alpha value is -1.11. The highest BCUT2D eigenvalue weighted by Gasteiger charge is 2.52. The summed E-state index contributed by atoms with van der Waals surface area (Å²) in [6.07, 6.45) is 2.52. The molecule has 0 aromatic carbocycles. The summed E-state index contributed by atoms with van der Waals surface area (Å²) in [5.74, 6) is 0. The van der Waals surface area contributed by atoms with Crippen molar-refractivity contribution >= 4 is 18.3 Å². The van der Waals surface area contributed by atoms with Crippen molar-refractivity contribution in [3.8, 4) is 0 Å². The predicted octanol–water partition coefficient (Wildman–Crippen LogP) is 1.02. The fourth-order valence-electron chi connectivity index (χ4n) is 1.99. The number of hydrogen-bond acceptors (Lipinski definition) is 5. The van der Waals surface area contributed by atoms with Gasteiger partial charge in [0.1, 0.15) is 0 Å². The van der Waals surface area contributed by atoms with Gasteiger partial charge in [-0.2, -0.15) is 0 Å². The third-order valence-corrected chi connectivity index (χ3v) is 4.01. The maximum absolute atomic E-state index is 9.68. The summed E-state index contributed by atoms with van der Waals surface area (Å²) in [4.78, 5) is 4.11. The van der Waals surface area contributed by atoms with Crippen LogP contribution in [0.2, 0.25) is 0 Å². The van der Waals surface area contributed by atoms with Crippen LogP contribution in [0.15, 0.2) is 12.4 Å². The molecule has 1 aromatic heterocycles. The molecule has 104 valence electrons. The third kappa shape index (κ3) is 2.36. The second-order valence-corrected chi connectivity index (χ2v) is 6.00. The lowest BCUT2D eigenvalue weighted by Crippen LogP contribution is -2.41. The van der Waals surface area contributed by atoms with Crippen LogP contribution in [-0.2, 0) is 9.31 Å². The number of aliphatic hydroxyl groups excluding tert-OH is 1. The largest absolute Gasteiger partial charge is 0.498 e. The summed E-state index contributed by atoms with van der Waals surface area (Å²) in [5, 5.41) is 9.68. The van der Waals surface area contributed by atoms with Gasteiger partial charge in [-0.3, -0.25) is 4.98 Å². The summed E-state index contributed by atoms with van der Waals surface area (Å²) < 4.78 is 11.9. The fourth-order valence-corrected chi connectivity index (χ4v) is 1.99. The van der Waals surface area contributed by atoms with Crippen molar-refractivity contribution in [2.24, 2.45) is 0 Å². The number of anilines is 1. The molecule has 3 N–H and O–H groups in total. The van der Waals surface area contributed by atoms with E-state index in [1.807, 2.05) is 27.7 Å². The lowest BCUT2D eigenvalue weighted by atomic mass is 9.78. The Morgan fingerprint density at radius 1 is 1.21 bits per heavy atom. The maximum atomic E-state index is 9.68. The summed E-state index contributed by atoms with van der Waals surface area (Å²) in [6.45, 7) is 9.58. The van der Waals surface area contributed by atoms with E-state index < -0.39 is 24.4 Å². The Morgan fingerprint density at radius 2 is 1.74 bits per heavy atom. The number of nitrogens with zero attached hydrogens (tertiary/aromatic N) is 1. The van der Waals surface area contributed by atoms with Gasteiger partial charge in [0, 0.05) is 29.1 Å². The number of nitrogen functional groups attached to an aromatic ring is 1. The fraction of sp³-hybridized carbons (Fsp3) is 0.615. The molecular weight excluding hydrogens is 243 g/mol. The monoisotopic (exact) mass is 264 g/mol. The Bertz CT molecular complexity index is 473. The van der Waals surface area contributed by atoms with E-state index in [1.165, 1.54) is 0 Å². The second kappa shape index (κ2) is 4.47. The van der Waals surface area contributed by atoms with Gasteiger partial charge in [-0.1, -0.05) is 0 Å². The van der Waals surface area contributed by atoms with E-state index in [-0.39, 0.29) is 0 Å². The first-order chi connectivity index (χ1) is 8.66. The minimum atomic E-state index is -0.671. The molecule has 0 saturated carbocycles. The van der Waals surface area contributed by atoms with Crippen molar-refractivity contribution in [2.75, 3.05) is 5.73 Å². The van der Waals surface area contributed by atoms with E-state index in [2.05, 4.69) is 4.98 Å². The quantitative estimate of drug-likeness (QED) is 0.780. The van der Waals surface area contributed by atoms with Gasteiger partial charge < -0.3 is 20.1 Å². The van der Waals surface area contributed by atoms with E-state index in [9.17, 15) is 5.11 Å². The molecule has 1 fully saturated rings. The number of rotatable bonds is 2. The van der Waals surface area contributed by atoms with E-state index >= 15 is 0 Å². The van der Waals surface area contributed by atoms with Crippen LogP contribution < -0.4 is 11.2 Å². The third-order valence-electron chi connectivity index (χ3n) is 4.01. The highest BCUT2D eigenvalue weighted by molar-refractivity contribution is 6.63. The van der Waals surface area contributed by atoms with Crippen molar-refractivity contribution in [3.63, 3.8) is 0 Å². The highest BCUT2D eigenvalue weighted by Crippen LogP contribution is 2.37. The standard InChI is InChI=1S/C13H21BN2O3/c1-8(17)9-6-16-7-10(11(9)15)14-18-12(2,3)13(4,5)19-14/h6-8,17H,1-5H3,(H2,15,16). The lowest BCUT2D eigenvalue weighted by molar-refractivity contribution is 0.00578. The van der Waals surface area contributed by atoms with Crippen LogP contribution in [0.4, 0.5) is 5.69 Å². The van der Waals surface area contributed by atoms with Gasteiger partial charge in [0.25, 0.3) is 0 Å². The summed E-state index contributed by atoms with van der Waals surface area (Å²) in [5.41, 5.74) is 6.96. The normalized spacial score (nSPS) is 22.5. The van der Waals surface area contributed by atoms with Crippen molar-refractivity contribution in [1.29, 1.82) is 0 Å². The molecule has 1 atom stereocenters. The molecular formula is C13H21BN2O3. The van der Waals surface area contributed by atoms with Crippen molar-refractivity contribution in [3.05, 3.63) is 18.0 Å². The molecule has 6 heteroatoms. The van der Waals surface area contributed by atoms with Gasteiger partial charge in [0.2, 0.25) is 0 Å². The lowest BCUT2D eigenvalue weighted by Gasteiger charge is -2.32. The second-order valence-electron chi connectivity index (χ2n) is 6.00.